The van der Waals surface area contributed by atoms with Gasteiger partial charge in [-0.05, 0) is 53.3 Å². The highest BCUT2D eigenvalue weighted by Crippen LogP contribution is 2.73. The Bertz CT molecular complexity index is 316. The van der Waals surface area contributed by atoms with Gasteiger partial charge in [0.05, 0.1) is 0 Å². The molecule has 2 aliphatic rings. The molecule has 0 saturated heterocycles. The topological polar surface area (TPSA) is 0 Å². The van der Waals surface area contributed by atoms with Crippen molar-refractivity contribution >= 4 is 0 Å². The maximum atomic E-state index is 2.58. The van der Waals surface area contributed by atoms with Crippen LogP contribution in [0.2, 0.25) is 0 Å². The lowest BCUT2D eigenvalue weighted by Gasteiger charge is -2.33. The van der Waals surface area contributed by atoms with E-state index in [-0.39, 0.29) is 0 Å². The zero-order chi connectivity index (χ0) is 13.8. The van der Waals surface area contributed by atoms with Crippen LogP contribution >= 0.6 is 0 Å². The van der Waals surface area contributed by atoms with Crippen molar-refractivity contribution in [1.29, 1.82) is 0 Å². The van der Waals surface area contributed by atoms with E-state index in [2.05, 4.69) is 48.5 Å². The minimum absolute atomic E-state index is 0.560. The Hall–Kier alpha value is 0. The van der Waals surface area contributed by atoms with Crippen LogP contribution in [-0.4, -0.2) is 0 Å². The fourth-order valence-corrected chi connectivity index (χ4v) is 5.21. The first-order chi connectivity index (χ1) is 8.22. The lowest BCUT2D eigenvalue weighted by molar-refractivity contribution is 0.151. The summed E-state index contributed by atoms with van der Waals surface area (Å²) in [6.07, 6.45) is 7.09. The minimum Gasteiger partial charge on any atom is -0.0654 e. The molecule has 0 heterocycles. The average Bonchev–Trinajstić information content (AvgIpc) is 3.15. The van der Waals surface area contributed by atoms with Crippen LogP contribution in [0.5, 0.6) is 0 Å². The molecule has 2 saturated carbocycles. The Morgan fingerprint density at radius 1 is 1.11 bits per heavy atom. The Balaban J connectivity index is 2.03. The SMILES string of the molecule is CCCC(C)(C)C1CC1(C)C(C)C1(C)CC1CC. The molecule has 2 fully saturated rings. The maximum Gasteiger partial charge on any atom is -0.0258 e. The van der Waals surface area contributed by atoms with Crippen LogP contribution < -0.4 is 0 Å². The van der Waals surface area contributed by atoms with Crippen LogP contribution in [-0.2, 0) is 0 Å². The molecule has 0 aromatic carbocycles. The molecule has 0 N–H and O–H groups in total. The summed E-state index contributed by atoms with van der Waals surface area (Å²) in [5.74, 6) is 2.89. The predicted octanol–water partition coefficient (Wildman–Crippen LogP) is 5.91. The van der Waals surface area contributed by atoms with E-state index in [1.54, 1.807) is 0 Å². The summed E-state index contributed by atoms with van der Waals surface area (Å²) in [6, 6.07) is 0. The van der Waals surface area contributed by atoms with E-state index in [1.165, 1.54) is 32.1 Å². The van der Waals surface area contributed by atoms with Crippen molar-refractivity contribution in [2.75, 3.05) is 0 Å². The van der Waals surface area contributed by atoms with Gasteiger partial charge in [-0.15, -0.1) is 0 Å². The van der Waals surface area contributed by atoms with Gasteiger partial charge in [0.1, 0.15) is 0 Å². The molecule has 0 nitrogen and oxygen atoms in total. The van der Waals surface area contributed by atoms with E-state index >= 15 is 0 Å². The summed E-state index contributed by atoms with van der Waals surface area (Å²) in [4.78, 5) is 0. The van der Waals surface area contributed by atoms with Crippen molar-refractivity contribution in [1.82, 2.24) is 0 Å². The highest BCUT2D eigenvalue weighted by molar-refractivity contribution is 5.15. The van der Waals surface area contributed by atoms with Crippen molar-refractivity contribution in [3.05, 3.63) is 0 Å². The first kappa shape index (κ1) is 14.4. The summed E-state index contributed by atoms with van der Waals surface area (Å²) in [5.41, 5.74) is 1.86. The second-order valence-electron chi connectivity index (χ2n) is 8.54. The van der Waals surface area contributed by atoms with Crippen molar-refractivity contribution in [3.63, 3.8) is 0 Å². The largest absolute Gasteiger partial charge is 0.0654 e. The summed E-state index contributed by atoms with van der Waals surface area (Å²) in [6.45, 7) is 17.4. The van der Waals surface area contributed by atoms with Crippen molar-refractivity contribution in [2.45, 2.75) is 80.6 Å². The van der Waals surface area contributed by atoms with E-state index in [9.17, 15) is 0 Å². The van der Waals surface area contributed by atoms with Crippen LogP contribution in [0, 0.1) is 34.0 Å². The first-order valence-electron chi connectivity index (χ1n) is 8.22. The summed E-state index contributed by atoms with van der Waals surface area (Å²) in [7, 11) is 0. The molecule has 2 rings (SSSR count). The number of rotatable bonds is 6. The predicted molar refractivity (Wildman–Crippen MR) is 80.6 cm³/mol. The highest BCUT2D eigenvalue weighted by Gasteiger charge is 2.66. The van der Waals surface area contributed by atoms with Crippen LogP contribution in [0.25, 0.3) is 0 Å². The normalized spacial score (nSPS) is 44.8. The Labute approximate surface area is 115 Å². The molecule has 18 heavy (non-hydrogen) atoms. The van der Waals surface area contributed by atoms with Gasteiger partial charge < -0.3 is 0 Å². The fraction of sp³-hybridized carbons (Fsp3) is 1.00. The second kappa shape index (κ2) is 4.25. The third kappa shape index (κ3) is 2.04. The Morgan fingerprint density at radius 3 is 2.17 bits per heavy atom. The zero-order valence-corrected chi connectivity index (χ0v) is 13.8. The minimum atomic E-state index is 0.560. The van der Waals surface area contributed by atoms with Crippen LogP contribution in [0.1, 0.15) is 80.6 Å². The number of hydrogen-bond donors (Lipinski definition) is 0. The van der Waals surface area contributed by atoms with Crippen LogP contribution in [0.15, 0.2) is 0 Å². The van der Waals surface area contributed by atoms with Gasteiger partial charge in [0.25, 0.3) is 0 Å². The van der Waals surface area contributed by atoms with Gasteiger partial charge in [-0.3, -0.25) is 0 Å². The van der Waals surface area contributed by atoms with E-state index in [0.717, 1.165) is 17.8 Å². The van der Waals surface area contributed by atoms with Crippen LogP contribution in [0.3, 0.4) is 0 Å². The number of hydrogen-bond acceptors (Lipinski definition) is 0. The smallest absolute Gasteiger partial charge is 0.0258 e. The van der Waals surface area contributed by atoms with Gasteiger partial charge in [0.15, 0.2) is 0 Å². The van der Waals surface area contributed by atoms with Gasteiger partial charge in [-0.2, -0.15) is 0 Å². The molecule has 0 amide bonds. The third-order valence-electron chi connectivity index (χ3n) is 7.05. The van der Waals surface area contributed by atoms with E-state index in [4.69, 9.17) is 0 Å². The fourth-order valence-electron chi connectivity index (χ4n) is 5.21. The van der Waals surface area contributed by atoms with Gasteiger partial charge >= 0.3 is 0 Å². The molecule has 0 aromatic rings. The van der Waals surface area contributed by atoms with Gasteiger partial charge in [0.2, 0.25) is 0 Å². The summed E-state index contributed by atoms with van der Waals surface area (Å²) < 4.78 is 0. The molecular weight excluding hydrogens is 216 g/mol. The monoisotopic (exact) mass is 250 g/mol. The molecule has 0 spiro atoms. The summed E-state index contributed by atoms with van der Waals surface area (Å²) in [5, 5.41) is 0. The first-order valence-corrected chi connectivity index (χ1v) is 8.22. The Morgan fingerprint density at radius 2 is 1.72 bits per heavy atom. The van der Waals surface area contributed by atoms with Crippen molar-refractivity contribution in [2.24, 2.45) is 34.0 Å². The third-order valence-corrected chi connectivity index (χ3v) is 7.05. The molecule has 5 unspecified atom stereocenters. The van der Waals surface area contributed by atoms with E-state index < -0.39 is 0 Å². The molecule has 0 aliphatic heterocycles. The molecule has 0 aromatic heterocycles. The van der Waals surface area contributed by atoms with E-state index in [0.29, 0.717) is 16.2 Å². The summed E-state index contributed by atoms with van der Waals surface area (Å²) >= 11 is 0. The molecule has 5 atom stereocenters. The quantitative estimate of drug-likeness (QED) is 0.549. The molecule has 0 bridgehead atoms. The van der Waals surface area contributed by atoms with Crippen LogP contribution in [0.4, 0.5) is 0 Å². The second-order valence-corrected chi connectivity index (χ2v) is 8.54. The average molecular weight is 250 g/mol. The molecule has 0 radical (unpaired) electrons. The Kier molecular flexibility index (Phi) is 3.40. The zero-order valence-electron chi connectivity index (χ0n) is 13.8. The molecule has 2 aliphatic carbocycles. The lowest BCUT2D eigenvalue weighted by Crippen LogP contribution is -2.27. The molecule has 0 heteroatoms. The maximum absolute atomic E-state index is 2.58. The van der Waals surface area contributed by atoms with Gasteiger partial charge in [0, 0.05) is 0 Å². The van der Waals surface area contributed by atoms with Gasteiger partial charge in [-0.25, -0.2) is 0 Å². The molecular formula is C18H34. The molecule has 106 valence electrons. The van der Waals surface area contributed by atoms with Crippen molar-refractivity contribution in [3.8, 4) is 0 Å². The van der Waals surface area contributed by atoms with E-state index in [1.807, 2.05) is 0 Å². The van der Waals surface area contributed by atoms with Crippen molar-refractivity contribution < 1.29 is 0 Å². The lowest BCUT2D eigenvalue weighted by atomic mass is 9.71. The highest BCUT2D eigenvalue weighted by atomic mass is 14.7. The standard InChI is InChI=1S/C18H34/c1-8-10-16(4,5)15-12-18(15,7)13(3)17(6)11-14(17)9-2/h13-15H,8-12H2,1-7H3. The van der Waals surface area contributed by atoms with Gasteiger partial charge in [-0.1, -0.05) is 61.3 Å².